The molecule has 206 valence electrons. The molecule has 3 rings (SSSR count). The van der Waals surface area contributed by atoms with Crippen molar-refractivity contribution in [1.82, 2.24) is 4.90 Å². The first kappa shape index (κ1) is 29.1. The third kappa shape index (κ3) is 9.47. The smallest absolute Gasteiger partial charge is 0.269 e. The average Bonchev–Trinajstić information content (AvgIpc) is 3.17. The number of fused-ring (bicyclic) bond motifs is 1. The van der Waals surface area contributed by atoms with E-state index < -0.39 is 4.92 Å². The molecule has 2 amide bonds. The van der Waals surface area contributed by atoms with Gasteiger partial charge in [0, 0.05) is 12.1 Å². The zero-order valence-electron chi connectivity index (χ0n) is 21.1. The molecular formula is C26H32N2O10. The number of benzene rings is 2. The Labute approximate surface area is 220 Å². The number of nitrogens with zero attached hydrogens (tertiary/aromatic N) is 2. The number of rotatable bonds is 20. The highest BCUT2D eigenvalue weighted by molar-refractivity contribution is 6.21. The minimum atomic E-state index is -0.460. The Kier molecular flexibility index (Phi) is 12.6. The van der Waals surface area contributed by atoms with E-state index in [0.29, 0.717) is 82.9 Å². The molecule has 0 spiro atoms. The molecule has 0 aliphatic carbocycles. The largest absolute Gasteiger partial charge is 0.491 e. The molecule has 12 nitrogen and oxygen atoms in total. The second kappa shape index (κ2) is 16.4. The highest BCUT2D eigenvalue weighted by Crippen LogP contribution is 2.22. The molecule has 2 aromatic carbocycles. The summed E-state index contributed by atoms with van der Waals surface area (Å²) in [6.45, 7) is 4.45. The van der Waals surface area contributed by atoms with Crippen molar-refractivity contribution in [3.8, 4) is 5.75 Å². The Morgan fingerprint density at radius 3 is 1.47 bits per heavy atom. The van der Waals surface area contributed by atoms with Crippen LogP contribution >= 0.6 is 0 Å². The van der Waals surface area contributed by atoms with E-state index in [2.05, 4.69) is 0 Å². The van der Waals surface area contributed by atoms with Crippen molar-refractivity contribution < 1.29 is 42.9 Å². The highest BCUT2D eigenvalue weighted by Gasteiger charge is 2.34. The molecule has 0 saturated carbocycles. The maximum absolute atomic E-state index is 12.3. The van der Waals surface area contributed by atoms with Gasteiger partial charge in [0.2, 0.25) is 0 Å². The van der Waals surface area contributed by atoms with Crippen LogP contribution in [0, 0.1) is 10.1 Å². The molecular weight excluding hydrogens is 500 g/mol. The fraction of sp³-hybridized carbons (Fsp3) is 0.462. The zero-order chi connectivity index (χ0) is 27.0. The third-order valence-corrected chi connectivity index (χ3v) is 5.37. The number of ether oxygens (including phenoxy) is 6. The van der Waals surface area contributed by atoms with Crippen molar-refractivity contribution in [1.29, 1.82) is 0 Å². The van der Waals surface area contributed by atoms with E-state index in [-0.39, 0.29) is 30.7 Å². The summed E-state index contributed by atoms with van der Waals surface area (Å²) in [5, 5.41) is 10.6. The fourth-order valence-corrected chi connectivity index (χ4v) is 3.46. The lowest BCUT2D eigenvalue weighted by Crippen LogP contribution is -2.33. The van der Waals surface area contributed by atoms with Crippen molar-refractivity contribution in [3.63, 3.8) is 0 Å². The van der Waals surface area contributed by atoms with Crippen LogP contribution in [0.15, 0.2) is 48.5 Å². The number of amides is 2. The van der Waals surface area contributed by atoms with E-state index in [0.717, 1.165) is 0 Å². The topological polar surface area (TPSA) is 136 Å². The van der Waals surface area contributed by atoms with Crippen LogP contribution in [0.1, 0.15) is 20.7 Å². The lowest BCUT2D eigenvalue weighted by Gasteiger charge is -2.13. The summed E-state index contributed by atoms with van der Waals surface area (Å²) in [4.78, 5) is 35.9. The van der Waals surface area contributed by atoms with E-state index in [9.17, 15) is 19.7 Å². The lowest BCUT2D eigenvalue weighted by atomic mass is 10.1. The maximum atomic E-state index is 12.3. The van der Waals surface area contributed by atoms with Gasteiger partial charge in [-0.25, -0.2) is 0 Å². The minimum absolute atomic E-state index is 0.0174. The number of nitro groups is 1. The van der Waals surface area contributed by atoms with Gasteiger partial charge in [-0.3, -0.25) is 24.6 Å². The number of carbonyl (C=O) groups is 2. The maximum Gasteiger partial charge on any atom is 0.269 e. The number of nitro benzene ring substituents is 1. The van der Waals surface area contributed by atoms with Gasteiger partial charge in [-0.15, -0.1) is 0 Å². The van der Waals surface area contributed by atoms with Crippen LogP contribution in [0.2, 0.25) is 0 Å². The van der Waals surface area contributed by atoms with Gasteiger partial charge in [-0.2, -0.15) is 0 Å². The highest BCUT2D eigenvalue weighted by atomic mass is 16.6. The lowest BCUT2D eigenvalue weighted by molar-refractivity contribution is -0.384. The second-order valence-electron chi connectivity index (χ2n) is 7.97. The van der Waals surface area contributed by atoms with Gasteiger partial charge < -0.3 is 28.4 Å². The van der Waals surface area contributed by atoms with E-state index in [1.807, 2.05) is 0 Å². The molecule has 0 atom stereocenters. The van der Waals surface area contributed by atoms with Crippen LogP contribution < -0.4 is 4.74 Å². The predicted molar refractivity (Wildman–Crippen MR) is 134 cm³/mol. The standard InChI is InChI=1S/C26H32N2O10/c29-25-23-3-1-2-4-24(23)26(30)27(25)9-10-33-11-12-34-13-14-35-15-16-36-17-18-37-19-20-38-22-7-5-21(6-8-22)28(31)32/h1-8H,9-20H2. The van der Waals surface area contributed by atoms with E-state index in [4.69, 9.17) is 28.4 Å². The first-order valence-corrected chi connectivity index (χ1v) is 12.3. The zero-order valence-corrected chi connectivity index (χ0v) is 21.1. The molecule has 1 heterocycles. The molecule has 0 unspecified atom stereocenters. The van der Waals surface area contributed by atoms with Crippen LogP contribution in [0.4, 0.5) is 5.69 Å². The van der Waals surface area contributed by atoms with Gasteiger partial charge in [-0.1, -0.05) is 12.1 Å². The summed E-state index contributed by atoms with van der Waals surface area (Å²) in [6, 6.07) is 12.6. The van der Waals surface area contributed by atoms with Crippen molar-refractivity contribution in [2.45, 2.75) is 0 Å². The number of hydrogen-bond acceptors (Lipinski definition) is 10. The van der Waals surface area contributed by atoms with Gasteiger partial charge >= 0.3 is 0 Å². The summed E-state index contributed by atoms with van der Waals surface area (Å²) in [5.41, 5.74) is 0.885. The monoisotopic (exact) mass is 532 g/mol. The van der Waals surface area contributed by atoms with Gasteiger partial charge in [0.25, 0.3) is 17.5 Å². The minimum Gasteiger partial charge on any atom is -0.491 e. The van der Waals surface area contributed by atoms with Crippen LogP contribution in [-0.4, -0.2) is 101 Å². The van der Waals surface area contributed by atoms with Crippen molar-refractivity contribution >= 4 is 17.5 Å². The Bertz CT molecular complexity index is 996. The Morgan fingerprint density at radius 2 is 1.03 bits per heavy atom. The van der Waals surface area contributed by atoms with E-state index >= 15 is 0 Å². The number of carbonyl (C=O) groups excluding carboxylic acids is 2. The van der Waals surface area contributed by atoms with Gasteiger partial charge in [0.05, 0.1) is 88.7 Å². The summed E-state index contributed by atoms with van der Waals surface area (Å²) in [7, 11) is 0. The summed E-state index contributed by atoms with van der Waals surface area (Å²) in [5.74, 6) is -0.0280. The van der Waals surface area contributed by atoms with Crippen LogP contribution in [0.5, 0.6) is 5.75 Å². The Balaban J connectivity index is 1.04. The van der Waals surface area contributed by atoms with Crippen LogP contribution in [0.3, 0.4) is 0 Å². The quantitative estimate of drug-likeness (QED) is 0.108. The Morgan fingerprint density at radius 1 is 0.605 bits per heavy atom. The summed E-state index contributed by atoms with van der Waals surface area (Å²) >= 11 is 0. The summed E-state index contributed by atoms with van der Waals surface area (Å²) < 4.78 is 32.6. The van der Waals surface area contributed by atoms with Crippen molar-refractivity contribution in [3.05, 3.63) is 69.8 Å². The summed E-state index contributed by atoms with van der Waals surface area (Å²) in [6.07, 6.45) is 0. The normalized spacial score (nSPS) is 12.7. The van der Waals surface area contributed by atoms with Crippen LogP contribution in [0.25, 0.3) is 0 Å². The number of non-ortho nitro benzene ring substituents is 1. The SMILES string of the molecule is O=C1c2ccccc2C(=O)N1CCOCCOCCOCCOCCOCCOc1ccc([N+](=O)[O-])cc1. The van der Waals surface area contributed by atoms with Crippen molar-refractivity contribution in [2.75, 3.05) is 79.2 Å². The number of hydrogen-bond donors (Lipinski definition) is 0. The average molecular weight is 533 g/mol. The molecule has 0 N–H and O–H groups in total. The molecule has 0 fully saturated rings. The van der Waals surface area contributed by atoms with Crippen LogP contribution in [-0.2, 0) is 23.7 Å². The molecule has 1 aliphatic heterocycles. The van der Waals surface area contributed by atoms with Gasteiger partial charge in [0.15, 0.2) is 0 Å². The third-order valence-electron chi connectivity index (χ3n) is 5.37. The Hall–Kier alpha value is -3.42. The molecule has 38 heavy (non-hydrogen) atoms. The molecule has 0 aromatic heterocycles. The molecule has 1 aliphatic rings. The van der Waals surface area contributed by atoms with Gasteiger partial charge in [-0.05, 0) is 24.3 Å². The number of imide groups is 1. The van der Waals surface area contributed by atoms with Crippen molar-refractivity contribution in [2.24, 2.45) is 0 Å². The van der Waals surface area contributed by atoms with E-state index in [1.165, 1.54) is 17.0 Å². The molecule has 12 heteroatoms. The molecule has 0 saturated heterocycles. The predicted octanol–water partition coefficient (Wildman–Crippen LogP) is 2.35. The molecule has 0 radical (unpaired) electrons. The molecule has 2 aromatic rings. The van der Waals surface area contributed by atoms with Gasteiger partial charge in [0.1, 0.15) is 12.4 Å². The molecule has 0 bridgehead atoms. The fourth-order valence-electron chi connectivity index (χ4n) is 3.46. The second-order valence-corrected chi connectivity index (χ2v) is 7.97. The first-order valence-electron chi connectivity index (χ1n) is 12.3. The van der Waals surface area contributed by atoms with E-state index in [1.54, 1.807) is 36.4 Å². The first-order chi connectivity index (χ1) is 18.6.